The van der Waals surface area contributed by atoms with Crippen molar-refractivity contribution in [1.82, 2.24) is 9.78 Å². The molecule has 1 saturated heterocycles. The monoisotopic (exact) mass is 560 g/mol. The van der Waals surface area contributed by atoms with Gasteiger partial charge in [-0.25, -0.2) is 9.48 Å². The summed E-state index contributed by atoms with van der Waals surface area (Å²) in [6, 6.07) is 21.6. The average molecular weight is 561 g/mol. The lowest BCUT2D eigenvalue weighted by Gasteiger charge is -2.46. The molecular weight excluding hydrogens is 516 g/mol. The number of aromatic nitrogens is 2. The fourth-order valence-corrected chi connectivity index (χ4v) is 11.3. The minimum absolute atomic E-state index is 0.0827. The van der Waals surface area contributed by atoms with E-state index in [-0.39, 0.29) is 22.7 Å². The number of rotatable bonds is 8. The maximum absolute atomic E-state index is 12.9. The van der Waals surface area contributed by atoms with Gasteiger partial charge in [-0.05, 0) is 66.3 Å². The highest BCUT2D eigenvalue weighted by Gasteiger charge is 2.51. The molecule has 1 aliphatic heterocycles. The van der Waals surface area contributed by atoms with Gasteiger partial charge in [0.1, 0.15) is 6.23 Å². The van der Waals surface area contributed by atoms with E-state index in [4.69, 9.17) is 19.0 Å². The molecular formula is C33H44N2O4Si. The molecule has 2 atom stereocenters. The van der Waals surface area contributed by atoms with Gasteiger partial charge >= 0.3 is 5.97 Å². The van der Waals surface area contributed by atoms with E-state index in [1.807, 2.05) is 11.6 Å². The summed E-state index contributed by atoms with van der Waals surface area (Å²) in [4.78, 5) is 12.9. The lowest BCUT2D eigenvalue weighted by molar-refractivity contribution is -0.0426. The van der Waals surface area contributed by atoms with E-state index in [1.165, 1.54) is 10.4 Å². The Bertz CT molecular complexity index is 1260. The molecule has 0 bridgehead atoms. The molecule has 0 spiro atoms. The minimum atomic E-state index is -2.66. The summed E-state index contributed by atoms with van der Waals surface area (Å²) in [6.45, 7) is 12.8. The van der Waals surface area contributed by atoms with Crippen molar-refractivity contribution >= 4 is 24.7 Å². The molecule has 0 saturated carbocycles. The van der Waals surface area contributed by atoms with Crippen molar-refractivity contribution in [2.75, 3.05) is 19.8 Å². The highest BCUT2D eigenvalue weighted by molar-refractivity contribution is 6.99. The van der Waals surface area contributed by atoms with Gasteiger partial charge in [-0.2, -0.15) is 5.10 Å². The van der Waals surface area contributed by atoms with Crippen LogP contribution in [0, 0.1) is 5.41 Å². The van der Waals surface area contributed by atoms with Crippen LogP contribution in [0.2, 0.25) is 5.04 Å². The third kappa shape index (κ3) is 5.43. The molecule has 6 nitrogen and oxygen atoms in total. The van der Waals surface area contributed by atoms with E-state index < -0.39 is 8.32 Å². The predicted octanol–water partition coefficient (Wildman–Crippen LogP) is 5.83. The summed E-state index contributed by atoms with van der Waals surface area (Å²) in [5.41, 5.74) is 2.48. The van der Waals surface area contributed by atoms with Gasteiger partial charge in [-0.1, -0.05) is 88.4 Å². The van der Waals surface area contributed by atoms with Crippen LogP contribution < -0.4 is 10.4 Å². The fourth-order valence-electron chi connectivity index (χ4n) is 6.56. The highest BCUT2D eigenvalue weighted by Crippen LogP contribution is 2.42. The first-order valence-corrected chi connectivity index (χ1v) is 16.7. The van der Waals surface area contributed by atoms with Crippen LogP contribution >= 0.6 is 0 Å². The van der Waals surface area contributed by atoms with Crippen LogP contribution in [-0.2, 0) is 26.7 Å². The Morgan fingerprint density at radius 2 is 1.73 bits per heavy atom. The Labute approximate surface area is 240 Å². The number of hydrogen-bond donors (Lipinski definition) is 0. The van der Waals surface area contributed by atoms with Crippen LogP contribution in [0.3, 0.4) is 0 Å². The Morgan fingerprint density at radius 1 is 1.07 bits per heavy atom. The van der Waals surface area contributed by atoms with E-state index in [1.54, 1.807) is 0 Å². The van der Waals surface area contributed by atoms with Gasteiger partial charge in [0, 0.05) is 24.5 Å². The minimum Gasteiger partial charge on any atom is -0.461 e. The van der Waals surface area contributed by atoms with Crippen LogP contribution in [0.1, 0.15) is 88.3 Å². The molecule has 1 aliphatic carbocycles. The smallest absolute Gasteiger partial charge is 0.359 e. The first-order valence-electron chi connectivity index (χ1n) is 14.8. The molecule has 0 radical (unpaired) electrons. The van der Waals surface area contributed by atoms with Crippen molar-refractivity contribution < 1.29 is 18.7 Å². The first kappa shape index (κ1) is 28.8. The molecule has 5 rings (SSSR count). The number of ether oxygens (including phenoxy) is 2. The fraction of sp³-hybridized carbons (Fsp3) is 0.515. The van der Waals surface area contributed by atoms with Crippen molar-refractivity contribution in [3.05, 3.63) is 77.6 Å². The lowest BCUT2D eigenvalue weighted by Crippen LogP contribution is -2.67. The second kappa shape index (κ2) is 11.6. The summed E-state index contributed by atoms with van der Waals surface area (Å²) in [7, 11) is -2.66. The Hall–Kier alpha value is -2.74. The normalized spacial score (nSPS) is 21.6. The van der Waals surface area contributed by atoms with Gasteiger partial charge in [-0.3, -0.25) is 0 Å². The molecule has 2 aliphatic rings. The quantitative estimate of drug-likeness (QED) is 0.256. The van der Waals surface area contributed by atoms with E-state index in [2.05, 4.69) is 88.4 Å². The van der Waals surface area contributed by atoms with Gasteiger partial charge in [-0.15, -0.1) is 0 Å². The summed E-state index contributed by atoms with van der Waals surface area (Å²) < 4.78 is 20.9. The number of esters is 1. The molecule has 40 heavy (non-hydrogen) atoms. The second-order valence-corrected chi connectivity index (χ2v) is 17.0. The van der Waals surface area contributed by atoms with Gasteiger partial charge in [0.05, 0.1) is 6.61 Å². The van der Waals surface area contributed by atoms with Crippen molar-refractivity contribution in [2.24, 2.45) is 5.41 Å². The molecule has 214 valence electrons. The zero-order chi connectivity index (χ0) is 28.4. The maximum atomic E-state index is 12.9. The van der Waals surface area contributed by atoms with E-state index in [0.717, 1.165) is 56.4 Å². The first-order chi connectivity index (χ1) is 19.2. The topological polar surface area (TPSA) is 62.6 Å². The maximum Gasteiger partial charge on any atom is 0.359 e. The molecule has 2 aromatic carbocycles. The zero-order valence-corrected chi connectivity index (χ0v) is 25.7. The standard InChI is InChI=1S/C33H44N2O4Si/c1-6-37-31(36)30-27-20-21-33(5,23-28(27)35(34-30)29-19-13-14-22-38-29)24-39-40(32(2,3)4,25-15-9-7-10-16-25)26-17-11-8-12-18-26/h7-12,15-18,29H,6,13-14,19-24H2,1-5H3. The highest BCUT2D eigenvalue weighted by atomic mass is 28.4. The average Bonchev–Trinajstić information content (AvgIpc) is 3.33. The summed E-state index contributed by atoms with van der Waals surface area (Å²) in [5.74, 6) is -0.333. The third-order valence-corrected chi connectivity index (χ3v) is 13.6. The number of carbonyl (C=O) groups excluding carboxylic acids is 1. The van der Waals surface area contributed by atoms with E-state index in [9.17, 15) is 4.79 Å². The van der Waals surface area contributed by atoms with Crippen molar-refractivity contribution in [3.8, 4) is 0 Å². The predicted molar refractivity (Wildman–Crippen MR) is 161 cm³/mol. The van der Waals surface area contributed by atoms with Gasteiger partial charge in [0.15, 0.2) is 5.69 Å². The van der Waals surface area contributed by atoms with Crippen LogP contribution in [0.15, 0.2) is 60.7 Å². The van der Waals surface area contributed by atoms with Crippen LogP contribution in [0.4, 0.5) is 0 Å². The van der Waals surface area contributed by atoms with Crippen molar-refractivity contribution in [2.45, 2.75) is 84.4 Å². The van der Waals surface area contributed by atoms with Crippen LogP contribution in [0.25, 0.3) is 0 Å². The number of nitrogens with zero attached hydrogens (tertiary/aromatic N) is 2. The molecule has 0 amide bonds. The Kier molecular flexibility index (Phi) is 8.36. The summed E-state index contributed by atoms with van der Waals surface area (Å²) >= 11 is 0. The van der Waals surface area contributed by atoms with Crippen LogP contribution in [-0.4, -0.2) is 43.9 Å². The van der Waals surface area contributed by atoms with Crippen LogP contribution in [0.5, 0.6) is 0 Å². The van der Waals surface area contributed by atoms with E-state index in [0.29, 0.717) is 18.9 Å². The third-order valence-electron chi connectivity index (χ3n) is 8.64. The zero-order valence-electron chi connectivity index (χ0n) is 24.7. The number of carbonyl (C=O) groups is 1. The summed E-state index contributed by atoms with van der Waals surface area (Å²) in [6.07, 6.45) is 5.42. The van der Waals surface area contributed by atoms with Gasteiger partial charge in [0.2, 0.25) is 0 Å². The van der Waals surface area contributed by atoms with E-state index >= 15 is 0 Å². The largest absolute Gasteiger partial charge is 0.461 e. The summed E-state index contributed by atoms with van der Waals surface area (Å²) in [5, 5.41) is 7.33. The second-order valence-electron chi connectivity index (χ2n) is 12.7. The van der Waals surface area contributed by atoms with Crippen molar-refractivity contribution in [3.63, 3.8) is 0 Å². The number of benzene rings is 2. The molecule has 2 unspecified atom stereocenters. The van der Waals surface area contributed by atoms with Crippen molar-refractivity contribution in [1.29, 1.82) is 0 Å². The molecule has 1 fully saturated rings. The Balaban J connectivity index is 1.51. The number of fused-ring (bicyclic) bond motifs is 1. The van der Waals surface area contributed by atoms with Gasteiger partial charge in [0.25, 0.3) is 8.32 Å². The SMILES string of the molecule is CCOC(=O)c1nn(C2CCCCO2)c2c1CCC(C)(CO[Si](c1ccccc1)(c1ccccc1)C(C)(C)C)C2. The molecule has 2 heterocycles. The molecule has 3 aromatic rings. The van der Waals surface area contributed by atoms with Gasteiger partial charge < -0.3 is 13.9 Å². The number of hydrogen-bond acceptors (Lipinski definition) is 5. The molecule has 0 N–H and O–H groups in total. The Morgan fingerprint density at radius 3 is 2.27 bits per heavy atom. The molecule has 1 aromatic heterocycles. The molecule has 7 heteroatoms. The lowest BCUT2D eigenvalue weighted by atomic mass is 9.75.